The molecule has 0 radical (unpaired) electrons. The maximum atomic E-state index is 13.2. The molecule has 1 fully saturated rings. The van der Waals surface area contributed by atoms with E-state index in [0.717, 1.165) is 60.0 Å². The van der Waals surface area contributed by atoms with E-state index in [0.29, 0.717) is 23.5 Å². The second-order valence-corrected chi connectivity index (χ2v) is 11.2. The average Bonchev–Trinajstić information content (AvgIpc) is 3.26. The molecule has 4 aromatic rings. The van der Waals surface area contributed by atoms with Crippen LogP contribution >= 0.6 is 0 Å². The predicted octanol–water partition coefficient (Wildman–Crippen LogP) is 4.90. The van der Waals surface area contributed by atoms with Crippen molar-refractivity contribution in [3.8, 4) is 6.07 Å². The molecule has 0 aliphatic carbocycles. The number of hydrogen-bond acceptors (Lipinski definition) is 7. The summed E-state index contributed by atoms with van der Waals surface area (Å²) in [6.07, 6.45) is 3.44. The lowest BCUT2D eigenvalue weighted by atomic mass is 10.1. The second kappa shape index (κ2) is 12.4. The first-order valence-electron chi connectivity index (χ1n) is 13.1. The zero-order valence-electron chi connectivity index (χ0n) is 22.4. The van der Waals surface area contributed by atoms with E-state index in [2.05, 4.69) is 32.0 Å². The van der Waals surface area contributed by atoms with Crippen LogP contribution in [0.3, 0.4) is 0 Å². The van der Waals surface area contributed by atoms with Crippen molar-refractivity contribution >= 4 is 34.1 Å². The molecular weight excluding hydrogens is 527 g/mol. The number of anilines is 4. The van der Waals surface area contributed by atoms with Crippen LogP contribution in [0.2, 0.25) is 0 Å². The Kier molecular flexibility index (Phi) is 8.50. The van der Waals surface area contributed by atoms with E-state index < -0.39 is 11.0 Å². The molecule has 0 spiro atoms. The molecule has 206 valence electrons. The van der Waals surface area contributed by atoms with Crippen molar-refractivity contribution in [1.82, 2.24) is 24.2 Å². The standard InChI is InChI=1S/C29H31FN8OS/c1-20-21(17-26(18-31)37(20)2)19-33-23-12-15-38(16-13-23)40(39)27-9-7-25(8-10-27)35-29-32-14-11-28(36-29)34-24-5-3-22(30)4-6-24/h3-11,14,17,23,33H,12-13,15-16,19H2,1-2H3,(H2,32,34,35,36). The summed E-state index contributed by atoms with van der Waals surface area (Å²) in [5, 5.41) is 19.1. The Morgan fingerprint density at radius 3 is 2.40 bits per heavy atom. The van der Waals surface area contributed by atoms with Crippen LogP contribution in [0.4, 0.5) is 27.5 Å². The van der Waals surface area contributed by atoms with Crippen molar-refractivity contribution in [2.24, 2.45) is 7.05 Å². The molecule has 0 saturated carbocycles. The number of rotatable bonds is 9. The number of halogens is 1. The van der Waals surface area contributed by atoms with E-state index in [1.165, 1.54) is 12.1 Å². The fourth-order valence-corrected chi connectivity index (χ4v) is 5.84. The molecule has 1 unspecified atom stereocenters. The summed E-state index contributed by atoms with van der Waals surface area (Å²) < 4.78 is 30.3. The molecule has 5 rings (SSSR count). The summed E-state index contributed by atoms with van der Waals surface area (Å²) in [7, 11) is 0.670. The molecule has 0 amide bonds. The smallest absolute Gasteiger partial charge is 0.229 e. The van der Waals surface area contributed by atoms with Gasteiger partial charge in [-0.1, -0.05) is 0 Å². The Labute approximate surface area is 235 Å². The Morgan fingerprint density at radius 1 is 1.05 bits per heavy atom. The van der Waals surface area contributed by atoms with E-state index >= 15 is 0 Å². The lowest BCUT2D eigenvalue weighted by Gasteiger charge is -2.31. The molecule has 9 nitrogen and oxygen atoms in total. The quantitative estimate of drug-likeness (QED) is 0.268. The zero-order chi connectivity index (χ0) is 28.1. The number of nitriles is 1. The number of benzene rings is 2. The van der Waals surface area contributed by atoms with Crippen LogP contribution in [0.15, 0.2) is 71.8 Å². The van der Waals surface area contributed by atoms with Gasteiger partial charge in [-0.05, 0) is 86.0 Å². The summed E-state index contributed by atoms with van der Waals surface area (Å²) in [5.74, 6) is 0.683. The van der Waals surface area contributed by atoms with Gasteiger partial charge >= 0.3 is 0 Å². The SMILES string of the molecule is Cc1c(CNC2CCN(S(=O)c3ccc(Nc4nccc(Nc5ccc(F)cc5)n4)cc3)CC2)cc(C#N)n1C. The number of aromatic nitrogens is 3. The number of nitrogens with zero attached hydrogens (tertiary/aromatic N) is 5. The van der Waals surface area contributed by atoms with Crippen LogP contribution in [0.1, 0.15) is 29.8 Å². The Bertz CT molecular complexity index is 1520. The maximum Gasteiger partial charge on any atom is 0.229 e. The van der Waals surface area contributed by atoms with Crippen LogP contribution in [-0.2, 0) is 24.6 Å². The topological polar surface area (TPSA) is 111 Å². The summed E-state index contributed by atoms with van der Waals surface area (Å²) in [5.41, 5.74) is 4.40. The molecule has 1 aliphatic heterocycles. The Hall–Kier alpha value is -4.11. The average molecular weight is 559 g/mol. The van der Waals surface area contributed by atoms with Gasteiger partial charge in [0.15, 0.2) is 0 Å². The fraction of sp³-hybridized carbons (Fsp3) is 0.276. The number of nitrogens with one attached hydrogen (secondary N) is 3. The minimum absolute atomic E-state index is 0.299. The van der Waals surface area contributed by atoms with Gasteiger partial charge < -0.3 is 20.5 Å². The van der Waals surface area contributed by atoms with E-state index in [-0.39, 0.29) is 5.82 Å². The molecule has 2 aromatic heterocycles. The van der Waals surface area contributed by atoms with Crippen LogP contribution in [0.5, 0.6) is 0 Å². The van der Waals surface area contributed by atoms with Gasteiger partial charge in [0.2, 0.25) is 5.95 Å². The molecule has 3 N–H and O–H groups in total. The molecule has 2 aromatic carbocycles. The van der Waals surface area contributed by atoms with Gasteiger partial charge in [-0.3, -0.25) is 0 Å². The van der Waals surface area contributed by atoms with E-state index in [1.54, 1.807) is 24.4 Å². The molecule has 11 heteroatoms. The first kappa shape index (κ1) is 27.5. The van der Waals surface area contributed by atoms with Gasteiger partial charge in [-0.15, -0.1) is 0 Å². The highest BCUT2D eigenvalue weighted by Crippen LogP contribution is 2.22. The predicted molar refractivity (Wildman–Crippen MR) is 154 cm³/mol. The van der Waals surface area contributed by atoms with Crippen molar-refractivity contribution in [2.75, 3.05) is 23.7 Å². The van der Waals surface area contributed by atoms with Gasteiger partial charge in [0.05, 0.1) is 4.90 Å². The number of piperidine rings is 1. The van der Waals surface area contributed by atoms with Gasteiger partial charge in [0, 0.05) is 56.0 Å². The molecule has 1 aliphatic rings. The largest absolute Gasteiger partial charge is 0.340 e. The summed E-state index contributed by atoms with van der Waals surface area (Å²) >= 11 is 0. The fourth-order valence-electron chi connectivity index (χ4n) is 4.63. The Morgan fingerprint density at radius 2 is 1.73 bits per heavy atom. The molecular formula is C29H31FN8OS. The molecule has 1 atom stereocenters. The van der Waals surface area contributed by atoms with E-state index in [4.69, 9.17) is 0 Å². The van der Waals surface area contributed by atoms with Crippen LogP contribution < -0.4 is 16.0 Å². The first-order valence-corrected chi connectivity index (χ1v) is 14.2. The molecule has 1 saturated heterocycles. The summed E-state index contributed by atoms with van der Waals surface area (Å²) in [6.45, 7) is 4.23. The molecule has 3 heterocycles. The van der Waals surface area contributed by atoms with Crippen molar-refractivity contribution in [3.05, 3.63) is 89.6 Å². The van der Waals surface area contributed by atoms with Crippen molar-refractivity contribution in [2.45, 2.75) is 37.2 Å². The zero-order valence-corrected chi connectivity index (χ0v) is 23.2. The second-order valence-electron chi connectivity index (χ2n) is 9.69. The minimum Gasteiger partial charge on any atom is -0.340 e. The van der Waals surface area contributed by atoms with E-state index in [9.17, 15) is 13.9 Å². The van der Waals surface area contributed by atoms with E-state index in [1.807, 2.05) is 53.2 Å². The third kappa shape index (κ3) is 6.54. The highest BCUT2D eigenvalue weighted by molar-refractivity contribution is 7.82. The van der Waals surface area contributed by atoms with Crippen molar-refractivity contribution < 1.29 is 8.60 Å². The minimum atomic E-state index is -1.24. The first-order chi connectivity index (χ1) is 19.4. The van der Waals surface area contributed by atoms with Crippen LogP contribution in [0, 0.1) is 24.1 Å². The van der Waals surface area contributed by atoms with Crippen molar-refractivity contribution in [1.29, 1.82) is 5.26 Å². The maximum absolute atomic E-state index is 13.2. The third-order valence-corrected chi connectivity index (χ3v) is 8.62. The van der Waals surface area contributed by atoms with Gasteiger partial charge in [0.25, 0.3) is 0 Å². The highest BCUT2D eigenvalue weighted by Gasteiger charge is 2.24. The third-order valence-electron chi connectivity index (χ3n) is 7.11. The van der Waals surface area contributed by atoms with Crippen LogP contribution in [0.25, 0.3) is 0 Å². The van der Waals surface area contributed by atoms with Gasteiger partial charge in [-0.2, -0.15) is 10.2 Å². The lowest BCUT2D eigenvalue weighted by molar-refractivity contribution is 0.298. The summed E-state index contributed by atoms with van der Waals surface area (Å²) in [4.78, 5) is 9.47. The number of hydrogen-bond donors (Lipinski definition) is 3. The van der Waals surface area contributed by atoms with Gasteiger partial charge in [0.1, 0.15) is 34.4 Å². The van der Waals surface area contributed by atoms with Crippen molar-refractivity contribution in [3.63, 3.8) is 0 Å². The molecule has 0 bridgehead atoms. The monoisotopic (exact) mass is 558 g/mol. The Balaban J connectivity index is 1.12. The summed E-state index contributed by atoms with van der Waals surface area (Å²) in [6, 6.07) is 19.7. The van der Waals surface area contributed by atoms with Gasteiger partial charge in [-0.25, -0.2) is 17.9 Å². The normalized spacial score (nSPS) is 14.9. The van der Waals surface area contributed by atoms with Crippen LogP contribution in [-0.4, -0.2) is 42.2 Å². The highest BCUT2D eigenvalue weighted by atomic mass is 32.2. The molecule has 40 heavy (non-hydrogen) atoms. The lowest BCUT2D eigenvalue weighted by Crippen LogP contribution is -2.42.